The minimum Gasteiger partial charge on any atom is -0.372 e. The quantitative estimate of drug-likeness (QED) is 0.644. The molecule has 0 atom stereocenters. The second kappa shape index (κ2) is 9.46. The molecule has 25 heavy (non-hydrogen) atoms. The Labute approximate surface area is 151 Å². The Morgan fingerprint density at radius 3 is 2.40 bits per heavy atom. The summed E-state index contributed by atoms with van der Waals surface area (Å²) in [5.41, 5.74) is 2.53. The average Bonchev–Trinajstić information content (AvgIpc) is 2.54. The van der Waals surface area contributed by atoms with E-state index in [-0.39, 0.29) is 18.9 Å². The van der Waals surface area contributed by atoms with Crippen molar-refractivity contribution in [3.63, 3.8) is 0 Å². The first-order valence-corrected chi connectivity index (χ1v) is 10.3. The van der Waals surface area contributed by atoms with Crippen LogP contribution in [-0.4, -0.2) is 46.8 Å². The lowest BCUT2D eigenvalue weighted by Gasteiger charge is -2.26. The number of sulfonamides is 1. The third-order valence-electron chi connectivity index (χ3n) is 3.96. The van der Waals surface area contributed by atoms with Gasteiger partial charge in [0.2, 0.25) is 15.9 Å². The van der Waals surface area contributed by atoms with E-state index in [9.17, 15) is 13.2 Å². The minimum absolute atomic E-state index is 0.0954. The number of nitrogens with one attached hydrogen (secondary N) is 1. The summed E-state index contributed by atoms with van der Waals surface area (Å²) in [6, 6.07) is 5.72. The molecule has 0 saturated carbocycles. The third-order valence-corrected chi connectivity index (χ3v) is 5.14. The van der Waals surface area contributed by atoms with Crippen LogP contribution in [0.3, 0.4) is 0 Å². The highest BCUT2D eigenvalue weighted by Crippen LogP contribution is 2.27. The lowest BCUT2D eigenvalue weighted by Crippen LogP contribution is -2.35. The van der Waals surface area contributed by atoms with E-state index in [1.807, 2.05) is 25.1 Å². The topological polar surface area (TPSA) is 69.7 Å². The standard InChI is InChI=1S/C18H29N3O3S/c1-6-12-19-18(22)11-13-21(25(5,23)24)17-10-9-16(14-15(17)4)20(7-2)8-3/h6,9-10,14H,1,7-8,11-13H2,2-5H3,(H,19,22). The lowest BCUT2D eigenvalue weighted by molar-refractivity contribution is -0.120. The molecule has 1 rings (SSSR count). The molecule has 0 spiro atoms. The first kappa shape index (κ1) is 21.0. The summed E-state index contributed by atoms with van der Waals surface area (Å²) < 4.78 is 25.7. The summed E-state index contributed by atoms with van der Waals surface area (Å²) in [6.07, 6.45) is 2.84. The van der Waals surface area contributed by atoms with Gasteiger partial charge in [-0.05, 0) is 44.5 Å². The second-order valence-electron chi connectivity index (χ2n) is 5.82. The average molecular weight is 368 g/mol. The summed E-state index contributed by atoms with van der Waals surface area (Å²) in [7, 11) is -3.48. The lowest BCUT2D eigenvalue weighted by atomic mass is 10.1. The predicted octanol–water partition coefficient (Wildman–Crippen LogP) is 2.30. The molecule has 0 radical (unpaired) electrons. The Kier molecular flexibility index (Phi) is 7.96. The van der Waals surface area contributed by atoms with Crippen LogP contribution in [0.2, 0.25) is 0 Å². The van der Waals surface area contributed by atoms with E-state index in [0.717, 1.165) is 30.6 Å². The molecule has 0 aromatic heterocycles. The van der Waals surface area contributed by atoms with Crippen molar-refractivity contribution in [2.24, 2.45) is 0 Å². The monoisotopic (exact) mass is 367 g/mol. The number of carbonyl (C=O) groups is 1. The fourth-order valence-electron chi connectivity index (χ4n) is 2.65. The molecule has 1 amide bonds. The first-order valence-electron chi connectivity index (χ1n) is 8.45. The maximum atomic E-state index is 12.2. The second-order valence-corrected chi connectivity index (χ2v) is 7.73. The molecule has 1 aromatic rings. The fraction of sp³-hybridized carbons (Fsp3) is 0.500. The van der Waals surface area contributed by atoms with Gasteiger partial charge in [-0.2, -0.15) is 0 Å². The van der Waals surface area contributed by atoms with Gasteiger partial charge in [0, 0.05) is 38.3 Å². The number of hydrogen-bond acceptors (Lipinski definition) is 4. The van der Waals surface area contributed by atoms with Crippen LogP contribution in [0.15, 0.2) is 30.9 Å². The zero-order chi connectivity index (χ0) is 19.0. The Hall–Kier alpha value is -2.02. The van der Waals surface area contributed by atoms with Crippen LogP contribution in [0.4, 0.5) is 11.4 Å². The Morgan fingerprint density at radius 2 is 1.92 bits per heavy atom. The summed E-state index contributed by atoms with van der Waals surface area (Å²) in [4.78, 5) is 14.0. The van der Waals surface area contributed by atoms with Crippen LogP contribution < -0.4 is 14.5 Å². The van der Waals surface area contributed by atoms with Crippen molar-refractivity contribution in [3.8, 4) is 0 Å². The zero-order valence-corrected chi connectivity index (χ0v) is 16.4. The van der Waals surface area contributed by atoms with Crippen LogP contribution in [0.5, 0.6) is 0 Å². The van der Waals surface area contributed by atoms with E-state index in [4.69, 9.17) is 0 Å². The Balaban J connectivity index is 3.04. The SMILES string of the molecule is C=CCNC(=O)CCN(c1ccc(N(CC)CC)cc1C)S(C)(=O)=O. The van der Waals surface area contributed by atoms with Gasteiger partial charge in [0.15, 0.2) is 0 Å². The Morgan fingerprint density at radius 1 is 1.28 bits per heavy atom. The van der Waals surface area contributed by atoms with Crippen molar-refractivity contribution in [3.05, 3.63) is 36.4 Å². The number of rotatable bonds is 10. The molecule has 1 aromatic carbocycles. The van der Waals surface area contributed by atoms with Gasteiger partial charge in [0.1, 0.15) is 0 Å². The third kappa shape index (κ3) is 6.08. The van der Waals surface area contributed by atoms with E-state index in [1.165, 1.54) is 4.31 Å². The number of hydrogen-bond donors (Lipinski definition) is 1. The number of anilines is 2. The van der Waals surface area contributed by atoms with E-state index >= 15 is 0 Å². The van der Waals surface area contributed by atoms with Crippen molar-refractivity contribution < 1.29 is 13.2 Å². The minimum atomic E-state index is -3.48. The van der Waals surface area contributed by atoms with Crippen molar-refractivity contribution in [1.29, 1.82) is 0 Å². The highest BCUT2D eigenvalue weighted by atomic mass is 32.2. The van der Waals surface area contributed by atoms with E-state index in [2.05, 4.69) is 30.6 Å². The van der Waals surface area contributed by atoms with Crippen LogP contribution in [0.25, 0.3) is 0 Å². The number of aryl methyl sites for hydroxylation is 1. The van der Waals surface area contributed by atoms with Gasteiger partial charge in [-0.1, -0.05) is 6.08 Å². The van der Waals surface area contributed by atoms with Gasteiger partial charge in [0.25, 0.3) is 0 Å². The fourth-order valence-corrected chi connectivity index (χ4v) is 3.63. The molecule has 0 aliphatic rings. The van der Waals surface area contributed by atoms with Gasteiger partial charge in [-0.3, -0.25) is 9.10 Å². The molecule has 1 N–H and O–H groups in total. The summed E-state index contributed by atoms with van der Waals surface area (Å²) in [5.74, 6) is -0.203. The molecule has 6 nitrogen and oxygen atoms in total. The van der Waals surface area contributed by atoms with E-state index in [1.54, 1.807) is 6.08 Å². The highest BCUT2D eigenvalue weighted by Gasteiger charge is 2.20. The van der Waals surface area contributed by atoms with E-state index < -0.39 is 10.0 Å². The molecule has 0 aliphatic carbocycles. The van der Waals surface area contributed by atoms with Crippen molar-refractivity contribution in [2.75, 3.05) is 41.6 Å². The molecule has 7 heteroatoms. The van der Waals surface area contributed by atoms with Crippen molar-refractivity contribution in [2.45, 2.75) is 27.2 Å². The van der Waals surface area contributed by atoms with Crippen LogP contribution in [0.1, 0.15) is 25.8 Å². The molecule has 140 valence electrons. The predicted molar refractivity (Wildman–Crippen MR) is 105 cm³/mol. The summed E-state index contributed by atoms with van der Waals surface area (Å²) >= 11 is 0. The molecule has 0 aliphatic heterocycles. The number of amides is 1. The molecular formula is C18H29N3O3S. The van der Waals surface area contributed by atoms with Crippen LogP contribution >= 0.6 is 0 Å². The van der Waals surface area contributed by atoms with Gasteiger partial charge < -0.3 is 10.2 Å². The molecule has 0 fully saturated rings. The van der Waals surface area contributed by atoms with Gasteiger partial charge >= 0.3 is 0 Å². The largest absolute Gasteiger partial charge is 0.372 e. The summed E-state index contributed by atoms with van der Waals surface area (Å²) in [5, 5.41) is 2.66. The van der Waals surface area contributed by atoms with Crippen LogP contribution in [0, 0.1) is 6.92 Å². The number of nitrogens with zero attached hydrogens (tertiary/aromatic N) is 2. The normalized spacial score (nSPS) is 11.0. The van der Waals surface area contributed by atoms with Gasteiger partial charge in [-0.15, -0.1) is 6.58 Å². The molecule has 0 unspecified atom stereocenters. The number of carbonyl (C=O) groups excluding carboxylic acids is 1. The highest BCUT2D eigenvalue weighted by molar-refractivity contribution is 7.92. The smallest absolute Gasteiger partial charge is 0.232 e. The molecule has 0 bridgehead atoms. The molecule has 0 heterocycles. The molecular weight excluding hydrogens is 338 g/mol. The van der Waals surface area contributed by atoms with Crippen molar-refractivity contribution in [1.82, 2.24) is 5.32 Å². The molecule has 0 saturated heterocycles. The maximum absolute atomic E-state index is 12.2. The summed E-state index contributed by atoms with van der Waals surface area (Å²) in [6.45, 7) is 11.8. The first-order chi connectivity index (χ1) is 11.7. The van der Waals surface area contributed by atoms with Crippen molar-refractivity contribution >= 4 is 27.3 Å². The van der Waals surface area contributed by atoms with Crippen LogP contribution in [-0.2, 0) is 14.8 Å². The zero-order valence-electron chi connectivity index (χ0n) is 15.6. The van der Waals surface area contributed by atoms with E-state index in [0.29, 0.717) is 12.2 Å². The Bertz CT molecular complexity index is 698. The van der Waals surface area contributed by atoms with Gasteiger partial charge in [-0.25, -0.2) is 8.42 Å². The number of benzene rings is 1. The maximum Gasteiger partial charge on any atom is 0.232 e. The van der Waals surface area contributed by atoms with Gasteiger partial charge in [0.05, 0.1) is 11.9 Å².